The van der Waals surface area contributed by atoms with Crippen molar-refractivity contribution in [3.63, 3.8) is 0 Å². The van der Waals surface area contributed by atoms with Gasteiger partial charge in [-0.25, -0.2) is 4.39 Å². The average Bonchev–Trinajstić information content (AvgIpc) is 3.00. The molecule has 0 aliphatic carbocycles. The number of benzene rings is 1. The molecule has 1 fully saturated rings. The molecule has 4 rings (SSSR count). The summed E-state index contributed by atoms with van der Waals surface area (Å²) in [5.74, 6) is 0.540. The van der Waals surface area contributed by atoms with E-state index in [1.54, 1.807) is 12.1 Å². The Bertz CT molecular complexity index is 823. The highest BCUT2D eigenvalue weighted by Crippen LogP contribution is 2.19. The molecule has 0 spiro atoms. The molecule has 0 radical (unpaired) electrons. The highest BCUT2D eigenvalue weighted by atomic mass is 19.1. The molecule has 1 saturated heterocycles. The highest BCUT2D eigenvalue weighted by Gasteiger charge is 2.13. The van der Waals surface area contributed by atoms with Gasteiger partial charge in [-0.15, -0.1) is 10.2 Å². The number of halogens is 1. The summed E-state index contributed by atoms with van der Waals surface area (Å²) in [6, 6.07) is 10.9. The van der Waals surface area contributed by atoms with E-state index in [1.807, 2.05) is 22.7 Å². The second kappa shape index (κ2) is 5.96. The van der Waals surface area contributed by atoms with Crippen molar-refractivity contribution in [2.45, 2.75) is 6.42 Å². The van der Waals surface area contributed by atoms with E-state index < -0.39 is 0 Å². The van der Waals surface area contributed by atoms with Gasteiger partial charge < -0.3 is 10.2 Å². The van der Waals surface area contributed by atoms with E-state index in [0.29, 0.717) is 12.0 Å². The zero-order valence-corrected chi connectivity index (χ0v) is 12.7. The third-order valence-corrected chi connectivity index (χ3v) is 4.25. The molecule has 23 heavy (non-hydrogen) atoms. The van der Waals surface area contributed by atoms with Gasteiger partial charge in [-0.1, -0.05) is 18.2 Å². The van der Waals surface area contributed by atoms with Crippen LogP contribution in [0.15, 0.2) is 42.6 Å². The Morgan fingerprint density at radius 2 is 1.91 bits per heavy atom. The van der Waals surface area contributed by atoms with Gasteiger partial charge in [-0.3, -0.25) is 4.40 Å². The first-order valence-electron chi connectivity index (χ1n) is 7.84. The lowest BCUT2D eigenvalue weighted by Gasteiger charge is -2.29. The Hall–Kier alpha value is -2.47. The number of rotatable bonds is 3. The minimum Gasteiger partial charge on any atom is -0.369 e. The molecule has 1 aliphatic rings. The summed E-state index contributed by atoms with van der Waals surface area (Å²) in [5.41, 5.74) is 2.59. The molecule has 3 aromatic rings. The summed E-state index contributed by atoms with van der Waals surface area (Å²) >= 11 is 0. The molecule has 0 saturated carbocycles. The highest BCUT2D eigenvalue weighted by molar-refractivity contribution is 5.56. The number of fused-ring (bicyclic) bond motifs is 1. The number of hydrogen-bond donors (Lipinski definition) is 1. The van der Waals surface area contributed by atoms with E-state index in [9.17, 15) is 4.39 Å². The molecule has 118 valence electrons. The lowest BCUT2D eigenvalue weighted by atomic mass is 10.1. The van der Waals surface area contributed by atoms with Gasteiger partial charge in [0, 0.05) is 50.6 Å². The van der Waals surface area contributed by atoms with Crippen LogP contribution in [0.25, 0.3) is 5.65 Å². The summed E-state index contributed by atoms with van der Waals surface area (Å²) in [6.45, 7) is 3.98. The van der Waals surface area contributed by atoms with Gasteiger partial charge in [0.25, 0.3) is 0 Å². The number of nitrogens with zero attached hydrogens (tertiary/aromatic N) is 4. The predicted octanol–water partition coefficient (Wildman–Crippen LogP) is 1.87. The van der Waals surface area contributed by atoms with Crippen molar-refractivity contribution in [1.29, 1.82) is 0 Å². The fraction of sp³-hybridized carbons (Fsp3) is 0.294. The minimum atomic E-state index is -0.207. The molecule has 0 bridgehead atoms. The first kappa shape index (κ1) is 14.1. The average molecular weight is 311 g/mol. The molecule has 2 aromatic heterocycles. The molecule has 1 N–H and O–H groups in total. The van der Waals surface area contributed by atoms with Crippen LogP contribution in [0.3, 0.4) is 0 Å². The lowest BCUT2D eigenvalue weighted by molar-refractivity contribution is 0.589. The third-order valence-electron chi connectivity index (χ3n) is 4.25. The molecular formula is C17H18FN5. The van der Waals surface area contributed by atoms with E-state index in [2.05, 4.69) is 26.5 Å². The Kier molecular flexibility index (Phi) is 3.67. The van der Waals surface area contributed by atoms with Gasteiger partial charge in [0.05, 0.1) is 0 Å². The predicted molar refractivity (Wildman–Crippen MR) is 87.3 cm³/mol. The van der Waals surface area contributed by atoms with Crippen LogP contribution in [-0.2, 0) is 6.42 Å². The molecule has 1 aromatic carbocycles. The Balaban J connectivity index is 1.64. The number of hydrogen-bond acceptors (Lipinski definition) is 4. The number of piperazine rings is 1. The van der Waals surface area contributed by atoms with Gasteiger partial charge in [-0.2, -0.15) is 0 Å². The van der Waals surface area contributed by atoms with Crippen LogP contribution in [0.1, 0.15) is 11.4 Å². The van der Waals surface area contributed by atoms with Crippen molar-refractivity contribution in [3.8, 4) is 0 Å². The molecule has 6 heteroatoms. The molecule has 0 atom stereocenters. The summed E-state index contributed by atoms with van der Waals surface area (Å²) in [5, 5.41) is 11.8. The summed E-state index contributed by atoms with van der Waals surface area (Å²) in [4.78, 5) is 2.34. The maximum Gasteiger partial charge on any atom is 0.162 e. The molecule has 0 amide bonds. The van der Waals surface area contributed by atoms with Crippen molar-refractivity contribution < 1.29 is 4.39 Å². The summed E-state index contributed by atoms with van der Waals surface area (Å²) in [7, 11) is 0. The number of nitrogens with one attached hydrogen (secondary N) is 1. The smallest absolute Gasteiger partial charge is 0.162 e. The van der Waals surface area contributed by atoms with Gasteiger partial charge in [-0.05, 0) is 17.7 Å². The quantitative estimate of drug-likeness (QED) is 0.802. The normalized spacial score (nSPS) is 15.3. The monoisotopic (exact) mass is 311 g/mol. The van der Waals surface area contributed by atoms with Crippen LogP contribution in [-0.4, -0.2) is 40.8 Å². The third kappa shape index (κ3) is 2.77. The molecule has 1 aliphatic heterocycles. The van der Waals surface area contributed by atoms with Crippen LogP contribution in [0.2, 0.25) is 0 Å². The molecule has 5 nitrogen and oxygen atoms in total. The first-order chi connectivity index (χ1) is 11.3. The van der Waals surface area contributed by atoms with Gasteiger partial charge in [0.2, 0.25) is 0 Å². The molecular weight excluding hydrogens is 293 g/mol. The molecule has 3 heterocycles. The standard InChI is InChI=1S/C17H18FN5/c18-15-4-2-1-3-13(15)11-16-20-21-17-12-14(5-8-23(16)17)22-9-6-19-7-10-22/h1-5,8,12,19H,6-7,9-11H2. The SMILES string of the molecule is Fc1ccccc1Cc1nnc2cc(N3CCNCC3)ccn12. The van der Waals surface area contributed by atoms with Crippen molar-refractivity contribution >= 4 is 11.3 Å². The van der Waals surface area contributed by atoms with Crippen molar-refractivity contribution in [3.05, 3.63) is 59.8 Å². The largest absolute Gasteiger partial charge is 0.369 e. The Labute approximate surface area is 133 Å². The van der Waals surface area contributed by atoms with Crippen molar-refractivity contribution in [2.75, 3.05) is 31.1 Å². The van der Waals surface area contributed by atoms with E-state index in [-0.39, 0.29) is 5.82 Å². The zero-order chi connectivity index (χ0) is 15.6. The maximum atomic E-state index is 13.8. The Morgan fingerprint density at radius 1 is 1.09 bits per heavy atom. The fourth-order valence-corrected chi connectivity index (χ4v) is 2.98. The second-order valence-electron chi connectivity index (χ2n) is 5.73. The number of anilines is 1. The maximum absolute atomic E-state index is 13.8. The van der Waals surface area contributed by atoms with Gasteiger partial charge in [0.1, 0.15) is 11.6 Å². The first-order valence-corrected chi connectivity index (χ1v) is 7.84. The second-order valence-corrected chi connectivity index (χ2v) is 5.73. The molecule has 0 unspecified atom stereocenters. The van der Waals surface area contributed by atoms with Crippen LogP contribution in [0.4, 0.5) is 10.1 Å². The van der Waals surface area contributed by atoms with Crippen LogP contribution in [0, 0.1) is 5.82 Å². The summed E-state index contributed by atoms with van der Waals surface area (Å²) < 4.78 is 15.7. The van der Waals surface area contributed by atoms with E-state index in [1.165, 1.54) is 6.07 Å². The Morgan fingerprint density at radius 3 is 2.74 bits per heavy atom. The zero-order valence-electron chi connectivity index (χ0n) is 12.7. The van der Waals surface area contributed by atoms with Gasteiger partial charge >= 0.3 is 0 Å². The fourth-order valence-electron chi connectivity index (χ4n) is 2.98. The van der Waals surface area contributed by atoms with Crippen molar-refractivity contribution in [1.82, 2.24) is 19.9 Å². The van der Waals surface area contributed by atoms with Crippen LogP contribution in [0.5, 0.6) is 0 Å². The van der Waals surface area contributed by atoms with Crippen LogP contribution < -0.4 is 10.2 Å². The van der Waals surface area contributed by atoms with Gasteiger partial charge in [0.15, 0.2) is 5.65 Å². The lowest BCUT2D eigenvalue weighted by Crippen LogP contribution is -2.43. The number of aromatic nitrogens is 3. The van der Waals surface area contributed by atoms with E-state index in [4.69, 9.17) is 0 Å². The van der Waals surface area contributed by atoms with E-state index >= 15 is 0 Å². The minimum absolute atomic E-state index is 0.207. The van der Waals surface area contributed by atoms with E-state index in [0.717, 1.165) is 43.3 Å². The number of pyridine rings is 1. The van der Waals surface area contributed by atoms with Crippen LogP contribution >= 0.6 is 0 Å². The topological polar surface area (TPSA) is 45.5 Å². The van der Waals surface area contributed by atoms with Crippen molar-refractivity contribution in [2.24, 2.45) is 0 Å². The summed E-state index contributed by atoms with van der Waals surface area (Å²) in [6.07, 6.45) is 2.41.